The Labute approximate surface area is 180 Å². The monoisotopic (exact) mass is 507 g/mol. The van der Waals surface area contributed by atoms with Gasteiger partial charge in [-0.25, -0.2) is 4.98 Å². The Bertz CT molecular complexity index is 706. The molecule has 154 valence electrons. The third-order valence-corrected chi connectivity index (χ3v) is 3.83. The topological polar surface area (TPSA) is 61.3 Å². The number of aliphatic imine (C=N–C) groups is 1. The molecule has 0 saturated heterocycles. The van der Waals surface area contributed by atoms with Crippen LogP contribution in [0.2, 0.25) is 0 Å². The molecule has 5 nitrogen and oxygen atoms in total. The minimum Gasteiger partial charge on any atom is -0.370 e. The second-order valence-electron chi connectivity index (χ2n) is 5.90. The third-order valence-electron chi connectivity index (χ3n) is 3.83. The van der Waals surface area contributed by atoms with Crippen LogP contribution in [0.15, 0.2) is 53.7 Å². The van der Waals surface area contributed by atoms with Crippen LogP contribution in [0.4, 0.5) is 19.0 Å². The highest BCUT2D eigenvalue weighted by Crippen LogP contribution is 2.28. The molecule has 0 aliphatic rings. The number of halogens is 4. The highest BCUT2D eigenvalue weighted by molar-refractivity contribution is 14.0. The molecule has 2 rings (SSSR count). The van der Waals surface area contributed by atoms with E-state index in [9.17, 15) is 13.2 Å². The SMILES string of the molecule is CN=C(NCCCCNc1ccccn1)NCc1ccc(C(F)(F)F)cc1.I. The number of unbranched alkanes of at least 4 members (excludes halogenated alkanes) is 1. The van der Waals surface area contributed by atoms with Crippen LogP contribution in [0.25, 0.3) is 0 Å². The number of aromatic nitrogens is 1. The van der Waals surface area contributed by atoms with Crippen LogP contribution >= 0.6 is 24.0 Å². The number of hydrogen-bond acceptors (Lipinski definition) is 3. The predicted octanol–water partition coefficient (Wildman–Crippen LogP) is 4.28. The average Bonchev–Trinajstić information content (AvgIpc) is 2.67. The van der Waals surface area contributed by atoms with Crippen LogP contribution < -0.4 is 16.0 Å². The molecule has 1 aromatic heterocycles. The van der Waals surface area contributed by atoms with Crippen LogP contribution in [-0.2, 0) is 12.7 Å². The molecule has 0 saturated carbocycles. The van der Waals surface area contributed by atoms with Gasteiger partial charge >= 0.3 is 6.18 Å². The van der Waals surface area contributed by atoms with Gasteiger partial charge in [-0.15, -0.1) is 24.0 Å². The van der Waals surface area contributed by atoms with Gasteiger partial charge in [-0.2, -0.15) is 13.2 Å². The lowest BCUT2D eigenvalue weighted by molar-refractivity contribution is -0.137. The fourth-order valence-electron chi connectivity index (χ4n) is 2.36. The summed E-state index contributed by atoms with van der Waals surface area (Å²) in [4.78, 5) is 8.31. The lowest BCUT2D eigenvalue weighted by Crippen LogP contribution is -2.37. The first kappa shape index (κ1) is 24.0. The summed E-state index contributed by atoms with van der Waals surface area (Å²) in [7, 11) is 1.66. The first-order valence-corrected chi connectivity index (χ1v) is 8.74. The van der Waals surface area contributed by atoms with Gasteiger partial charge in [0.25, 0.3) is 0 Å². The van der Waals surface area contributed by atoms with Gasteiger partial charge in [0.05, 0.1) is 5.56 Å². The number of pyridine rings is 1. The van der Waals surface area contributed by atoms with E-state index in [-0.39, 0.29) is 24.0 Å². The molecule has 2 aromatic rings. The summed E-state index contributed by atoms with van der Waals surface area (Å²) in [6.07, 6.45) is -0.647. The largest absolute Gasteiger partial charge is 0.416 e. The van der Waals surface area contributed by atoms with Gasteiger partial charge in [-0.3, -0.25) is 4.99 Å². The van der Waals surface area contributed by atoms with E-state index in [1.807, 2.05) is 18.2 Å². The molecule has 0 fully saturated rings. The molecule has 0 aliphatic carbocycles. The summed E-state index contributed by atoms with van der Waals surface area (Å²) < 4.78 is 37.7. The highest BCUT2D eigenvalue weighted by Gasteiger charge is 2.29. The molecule has 1 aromatic carbocycles. The van der Waals surface area contributed by atoms with Crippen molar-refractivity contribution >= 4 is 35.8 Å². The number of hydrogen-bond donors (Lipinski definition) is 3. The van der Waals surface area contributed by atoms with Crippen molar-refractivity contribution < 1.29 is 13.2 Å². The highest BCUT2D eigenvalue weighted by atomic mass is 127. The van der Waals surface area contributed by atoms with Crippen LogP contribution in [0, 0.1) is 0 Å². The molecule has 28 heavy (non-hydrogen) atoms. The maximum Gasteiger partial charge on any atom is 0.416 e. The van der Waals surface area contributed by atoms with Crippen molar-refractivity contribution in [2.45, 2.75) is 25.6 Å². The maximum absolute atomic E-state index is 12.6. The van der Waals surface area contributed by atoms with E-state index in [4.69, 9.17) is 0 Å². The van der Waals surface area contributed by atoms with Crippen molar-refractivity contribution in [3.8, 4) is 0 Å². The van der Waals surface area contributed by atoms with E-state index in [0.29, 0.717) is 12.5 Å². The van der Waals surface area contributed by atoms with Crippen LogP contribution in [0.1, 0.15) is 24.0 Å². The zero-order valence-electron chi connectivity index (χ0n) is 15.6. The van der Waals surface area contributed by atoms with Crippen LogP contribution in [0.3, 0.4) is 0 Å². The zero-order chi connectivity index (χ0) is 19.5. The Morgan fingerprint density at radius 3 is 2.32 bits per heavy atom. The first-order chi connectivity index (χ1) is 13.0. The number of alkyl halides is 3. The Kier molecular flexibility index (Phi) is 10.6. The molecule has 0 bridgehead atoms. The van der Waals surface area contributed by atoms with Crippen molar-refractivity contribution in [2.75, 3.05) is 25.5 Å². The summed E-state index contributed by atoms with van der Waals surface area (Å²) in [5.41, 5.74) is 0.110. The summed E-state index contributed by atoms with van der Waals surface area (Å²) >= 11 is 0. The molecule has 0 aliphatic heterocycles. The average molecular weight is 507 g/mol. The fourth-order valence-corrected chi connectivity index (χ4v) is 2.36. The Morgan fingerprint density at radius 1 is 1.00 bits per heavy atom. The molecule has 0 amide bonds. The Morgan fingerprint density at radius 2 is 1.71 bits per heavy atom. The number of anilines is 1. The van der Waals surface area contributed by atoms with Gasteiger partial charge in [0.1, 0.15) is 5.82 Å². The van der Waals surface area contributed by atoms with Gasteiger partial charge < -0.3 is 16.0 Å². The van der Waals surface area contributed by atoms with E-state index in [2.05, 4.69) is 25.9 Å². The molecule has 9 heteroatoms. The van der Waals surface area contributed by atoms with E-state index < -0.39 is 11.7 Å². The standard InChI is InChI=1S/C19H24F3N5.HI/c1-23-18(26-13-5-4-12-25-17-6-2-3-11-24-17)27-14-15-7-9-16(10-8-15)19(20,21)22;/h2-3,6-11H,4-5,12-14H2,1H3,(H,24,25)(H2,23,26,27);1H. The van der Waals surface area contributed by atoms with Crippen LogP contribution in [0.5, 0.6) is 0 Å². The smallest absolute Gasteiger partial charge is 0.370 e. The van der Waals surface area contributed by atoms with Gasteiger partial charge in [0.15, 0.2) is 5.96 Å². The number of nitrogens with one attached hydrogen (secondary N) is 3. The van der Waals surface area contributed by atoms with Gasteiger partial charge in [0.2, 0.25) is 0 Å². The van der Waals surface area contributed by atoms with Crippen molar-refractivity contribution in [3.63, 3.8) is 0 Å². The van der Waals surface area contributed by atoms with E-state index in [0.717, 1.165) is 49.4 Å². The van der Waals surface area contributed by atoms with E-state index in [1.54, 1.807) is 13.2 Å². The van der Waals surface area contributed by atoms with Crippen molar-refractivity contribution in [1.82, 2.24) is 15.6 Å². The van der Waals surface area contributed by atoms with Gasteiger partial charge in [-0.05, 0) is 42.7 Å². The molecule has 0 unspecified atom stereocenters. The Balaban J connectivity index is 0.00000392. The zero-order valence-corrected chi connectivity index (χ0v) is 17.9. The van der Waals surface area contributed by atoms with Crippen LogP contribution in [-0.4, -0.2) is 31.1 Å². The first-order valence-electron chi connectivity index (χ1n) is 8.74. The summed E-state index contributed by atoms with van der Waals surface area (Å²) in [6, 6.07) is 10.8. The predicted molar refractivity (Wildman–Crippen MR) is 117 cm³/mol. The van der Waals surface area contributed by atoms with Crippen molar-refractivity contribution in [3.05, 3.63) is 59.8 Å². The molecular formula is C19H25F3IN5. The molecule has 3 N–H and O–H groups in total. The molecule has 0 spiro atoms. The Hall–Kier alpha value is -2.04. The quantitative estimate of drug-likeness (QED) is 0.216. The van der Waals surface area contributed by atoms with Gasteiger partial charge in [-0.1, -0.05) is 18.2 Å². The van der Waals surface area contributed by atoms with Crippen molar-refractivity contribution in [1.29, 1.82) is 0 Å². The van der Waals surface area contributed by atoms with E-state index >= 15 is 0 Å². The molecular weight excluding hydrogens is 482 g/mol. The maximum atomic E-state index is 12.6. The lowest BCUT2D eigenvalue weighted by atomic mass is 10.1. The minimum atomic E-state index is -4.31. The van der Waals surface area contributed by atoms with E-state index in [1.165, 1.54) is 12.1 Å². The normalized spacial score (nSPS) is 11.5. The lowest BCUT2D eigenvalue weighted by Gasteiger charge is -2.13. The summed E-state index contributed by atoms with van der Waals surface area (Å²) in [6.45, 7) is 1.98. The molecule has 1 heterocycles. The number of guanidine groups is 1. The second kappa shape index (κ2) is 12.4. The number of benzene rings is 1. The number of nitrogens with zero attached hydrogens (tertiary/aromatic N) is 2. The van der Waals surface area contributed by atoms with Crippen molar-refractivity contribution in [2.24, 2.45) is 4.99 Å². The van der Waals surface area contributed by atoms with Gasteiger partial charge in [0, 0.05) is 32.9 Å². The fraction of sp³-hybridized carbons (Fsp3) is 0.368. The molecule has 0 atom stereocenters. The number of rotatable bonds is 8. The summed E-state index contributed by atoms with van der Waals surface area (Å²) in [5, 5.41) is 9.53. The summed E-state index contributed by atoms with van der Waals surface area (Å²) in [5.74, 6) is 1.48. The third kappa shape index (κ3) is 8.77. The minimum absolute atomic E-state index is 0. The molecule has 0 radical (unpaired) electrons. The second-order valence-corrected chi connectivity index (χ2v) is 5.90.